The number of benzene rings is 2. The van der Waals surface area contributed by atoms with Gasteiger partial charge in [-0.25, -0.2) is 4.39 Å². The normalized spacial score (nSPS) is 10.8. The van der Waals surface area contributed by atoms with E-state index >= 15 is 0 Å². The molecule has 0 amide bonds. The molecule has 0 N–H and O–H groups in total. The summed E-state index contributed by atoms with van der Waals surface area (Å²) in [4.78, 5) is 25.5. The maximum absolute atomic E-state index is 13.3. The van der Waals surface area contributed by atoms with Crippen LogP contribution in [-0.2, 0) is 6.54 Å². The second kappa shape index (κ2) is 8.48. The van der Waals surface area contributed by atoms with Crippen molar-refractivity contribution in [2.75, 3.05) is 0 Å². The van der Waals surface area contributed by atoms with E-state index in [-0.39, 0.29) is 23.9 Å². The van der Waals surface area contributed by atoms with Crippen molar-refractivity contribution in [3.05, 3.63) is 119 Å². The smallest absolute Gasteiger partial charge is 0.229 e. The van der Waals surface area contributed by atoms with E-state index in [2.05, 4.69) is 0 Å². The Kier molecular flexibility index (Phi) is 5.58. The molecule has 2 aromatic heterocycles. The maximum Gasteiger partial charge on any atom is 0.229 e. The van der Waals surface area contributed by atoms with Crippen molar-refractivity contribution in [3.8, 4) is 5.69 Å². The molecule has 5 heteroatoms. The third-order valence-corrected chi connectivity index (χ3v) is 5.33. The molecule has 154 valence electrons. The minimum Gasteiger partial charge on any atom is -0.318 e. The first kappa shape index (κ1) is 20.4. The number of carbonyl (C=O) groups is 2. The zero-order valence-corrected chi connectivity index (χ0v) is 17.4. The molecule has 0 spiro atoms. The standard InChI is InChI=1S/C26H22FN2O2/c1-18-16-24(19(2)29(18)23-10-8-22(27)9-11-23)25(30)17-28-14-12-21(13-15-28)26(31)20-6-4-3-5-7-20/h3-16H,17H2,1-2H3/q+1. The summed E-state index contributed by atoms with van der Waals surface area (Å²) < 4.78 is 17.0. The monoisotopic (exact) mass is 413 g/mol. The van der Waals surface area contributed by atoms with Gasteiger partial charge in [-0.05, 0) is 44.2 Å². The number of hydrogen-bond acceptors (Lipinski definition) is 2. The molecule has 0 saturated carbocycles. The Bertz CT molecular complexity index is 1240. The highest BCUT2D eigenvalue weighted by molar-refractivity contribution is 6.08. The van der Waals surface area contributed by atoms with Gasteiger partial charge in [0, 0.05) is 45.9 Å². The van der Waals surface area contributed by atoms with Gasteiger partial charge in [0.25, 0.3) is 0 Å². The largest absolute Gasteiger partial charge is 0.318 e. The zero-order valence-electron chi connectivity index (χ0n) is 17.4. The summed E-state index contributed by atoms with van der Waals surface area (Å²) in [6.45, 7) is 3.97. The van der Waals surface area contributed by atoms with Crippen molar-refractivity contribution in [1.82, 2.24) is 4.57 Å². The van der Waals surface area contributed by atoms with Gasteiger partial charge in [-0.1, -0.05) is 30.3 Å². The van der Waals surface area contributed by atoms with E-state index in [9.17, 15) is 14.0 Å². The van der Waals surface area contributed by atoms with Crippen LogP contribution in [0.1, 0.15) is 37.7 Å². The molecule has 2 heterocycles. The SMILES string of the molecule is Cc1cc(C(=O)C[n+]2ccc(C(=O)c3ccccc3)cc2)c(C)n1-c1ccc(F)cc1. The highest BCUT2D eigenvalue weighted by Gasteiger charge is 2.20. The van der Waals surface area contributed by atoms with Crippen LogP contribution in [0.3, 0.4) is 0 Å². The molecule has 0 fully saturated rings. The van der Waals surface area contributed by atoms with Gasteiger partial charge in [-0.3, -0.25) is 9.59 Å². The van der Waals surface area contributed by atoms with E-state index in [0.717, 1.165) is 17.1 Å². The molecule has 4 aromatic rings. The predicted molar refractivity (Wildman–Crippen MR) is 116 cm³/mol. The van der Waals surface area contributed by atoms with Crippen molar-refractivity contribution < 1.29 is 18.5 Å². The molecule has 0 bridgehead atoms. The minimum absolute atomic E-state index is 0.0337. The Balaban J connectivity index is 1.53. The summed E-state index contributed by atoms with van der Waals surface area (Å²) >= 11 is 0. The molecule has 2 aromatic carbocycles. The zero-order chi connectivity index (χ0) is 22.0. The van der Waals surface area contributed by atoms with Crippen LogP contribution >= 0.6 is 0 Å². The predicted octanol–water partition coefficient (Wildman–Crippen LogP) is 4.63. The lowest BCUT2D eigenvalue weighted by Gasteiger charge is -2.09. The van der Waals surface area contributed by atoms with E-state index in [1.807, 2.05) is 42.7 Å². The highest BCUT2D eigenvalue weighted by atomic mass is 19.1. The van der Waals surface area contributed by atoms with Gasteiger partial charge in [-0.2, -0.15) is 4.57 Å². The number of hydrogen-bond donors (Lipinski definition) is 0. The van der Waals surface area contributed by atoms with Crippen LogP contribution in [0.4, 0.5) is 4.39 Å². The van der Waals surface area contributed by atoms with Crippen LogP contribution in [0.25, 0.3) is 5.69 Å². The van der Waals surface area contributed by atoms with Gasteiger partial charge in [0.05, 0.1) is 0 Å². The third-order valence-electron chi connectivity index (χ3n) is 5.33. The van der Waals surface area contributed by atoms with Gasteiger partial charge in [-0.15, -0.1) is 0 Å². The average molecular weight is 413 g/mol. The molecule has 0 aliphatic rings. The molecular formula is C26H22FN2O2+. The Morgan fingerprint density at radius 3 is 2.13 bits per heavy atom. The van der Waals surface area contributed by atoms with Crippen LogP contribution in [0.5, 0.6) is 0 Å². The number of rotatable bonds is 6. The van der Waals surface area contributed by atoms with Crippen molar-refractivity contribution in [2.24, 2.45) is 0 Å². The van der Waals surface area contributed by atoms with Crippen molar-refractivity contribution in [2.45, 2.75) is 20.4 Å². The van der Waals surface area contributed by atoms with E-state index < -0.39 is 0 Å². The summed E-state index contributed by atoms with van der Waals surface area (Å²) in [6.07, 6.45) is 3.49. The Morgan fingerprint density at radius 1 is 0.871 bits per heavy atom. The quantitative estimate of drug-likeness (QED) is 0.342. The van der Waals surface area contributed by atoms with E-state index in [0.29, 0.717) is 16.7 Å². The summed E-state index contributed by atoms with van der Waals surface area (Å²) in [7, 11) is 0. The fraction of sp³-hybridized carbons (Fsp3) is 0.115. The number of carbonyl (C=O) groups excluding carboxylic acids is 2. The lowest BCUT2D eigenvalue weighted by Crippen LogP contribution is -2.37. The van der Waals surface area contributed by atoms with Crippen LogP contribution in [0.15, 0.2) is 85.2 Å². The first-order chi connectivity index (χ1) is 14.9. The van der Waals surface area contributed by atoms with Crippen LogP contribution in [-0.4, -0.2) is 16.1 Å². The summed E-state index contributed by atoms with van der Waals surface area (Å²) in [5, 5.41) is 0. The molecule has 0 saturated heterocycles. The lowest BCUT2D eigenvalue weighted by atomic mass is 10.0. The first-order valence-corrected chi connectivity index (χ1v) is 10.0. The Labute approximate surface area is 180 Å². The van der Waals surface area contributed by atoms with E-state index in [1.54, 1.807) is 53.4 Å². The summed E-state index contributed by atoms with van der Waals surface area (Å²) in [5.74, 6) is -0.386. The van der Waals surface area contributed by atoms with Gasteiger partial charge in [0.1, 0.15) is 5.82 Å². The van der Waals surface area contributed by atoms with Gasteiger partial charge in [0.2, 0.25) is 12.3 Å². The summed E-state index contributed by atoms with van der Waals surface area (Å²) in [5.41, 5.74) is 4.35. The maximum atomic E-state index is 13.3. The lowest BCUT2D eigenvalue weighted by molar-refractivity contribution is -0.683. The first-order valence-electron chi connectivity index (χ1n) is 10.0. The van der Waals surface area contributed by atoms with Gasteiger partial charge in [0.15, 0.2) is 18.2 Å². The number of halogens is 1. The second-order valence-electron chi connectivity index (χ2n) is 7.47. The van der Waals surface area contributed by atoms with Crippen molar-refractivity contribution in [1.29, 1.82) is 0 Å². The van der Waals surface area contributed by atoms with Crippen molar-refractivity contribution >= 4 is 11.6 Å². The molecule has 4 rings (SSSR count). The molecule has 0 unspecified atom stereocenters. The average Bonchev–Trinajstić information content (AvgIpc) is 3.09. The second-order valence-corrected chi connectivity index (χ2v) is 7.47. The van der Waals surface area contributed by atoms with Crippen LogP contribution in [0.2, 0.25) is 0 Å². The topological polar surface area (TPSA) is 42.9 Å². The summed E-state index contributed by atoms with van der Waals surface area (Å²) in [6, 6.07) is 20.6. The molecular weight excluding hydrogens is 391 g/mol. The van der Waals surface area contributed by atoms with Gasteiger partial charge >= 0.3 is 0 Å². The third kappa shape index (κ3) is 4.21. The van der Waals surface area contributed by atoms with E-state index in [4.69, 9.17) is 0 Å². The molecule has 0 aliphatic carbocycles. The van der Waals surface area contributed by atoms with Crippen LogP contribution < -0.4 is 4.57 Å². The fourth-order valence-corrected chi connectivity index (χ4v) is 3.75. The molecule has 0 radical (unpaired) electrons. The molecule has 0 atom stereocenters. The van der Waals surface area contributed by atoms with Crippen molar-refractivity contribution in [3.63, 3.8) is 0 Å². The number of aromatic nitrogens is 2. The highest BCUT2D eigenvalue weighted by Crippen LogP contribution is 2.21. The number of aryl methyl sites for hydroxylation is 1. The number of ketones is 2. The van der Waals surface area contributed by atoms with Crippen LogP contribution in [0, 0.1) is 19.7 Å². The Morgan fingerprint density at radius 2 is 1.48 bits per heavy atom. The number of nitrogens with zero attached hydrogens (tertiary/aromatic N) is 2. The molecule has 31 heavy (non-hydrogen) atoms. The number of pyridine rings is 1. The molecule has 4 nitrogen and oxygen atoms in total. The fourth-order valence-electron chi connectivity index (χ4n) is 3.75. The minimum atomic E-state index is -0.298. The molecule has 0 aliphatic heterocycles. The Hall–Kier alpha value is -3.86. The number of Topliss-reactive ketones (excluding diaryl/α,β-unsaturated/α-hetero) is 1. The van der Waals surface area contributed by atoms with Gasteiger partial charge < -0.3 is 4.57 Å². The van der Waals surface area contributed by atoms with E-state index in [1.165, 1.54) is 12.1 Å².